The van der Waals surface area contributed by atoms with Gasteiger partial charge in [0, 0.05) is 36.5 Å². The molecular formula is C31H37FN10O2. The molecule has 1 unspecified atom stereocenters. The molecule has 230 valence electrons. The monoisotopic (exact) mass is 600 g/mol. The first-order valence-corrected chi connectivity index (χ1v) is 15.2. The van der Waals surface area contributed by atoms with Gasteiger partial charge in [-0.3, -0.25) is 14.7 Å². The molecule has 44 heavy (non-hydrogen) atoms. The van der Waals surface area contributed by atoms with E-state index in [0.29, 0.717) is 43.9 Å². The summed E-state index contributed by atoms with van der Waals surface area (Å²) in [7, 11) is 0. The number of halogens is 1. The molecule has 13 heteroatoms. The zero-order valence-electron chi connectivity index (χ0n) is 25.2. The lowest BCUT2D eigenvalue weighted by Gasteiger charge is -2.53. The fourth-order valence-electron chi connectivity index (χ4n) is 6.42. The van der Waals surface area contributed by atoms with Gasteiger partial charge in [-0.25, -0.2) is 24.0 Å². The van der Waals surface area contributed by atoms with Crippen LogP contribution in [0.15, 0.2) is 49.1 Å². The fraction of sp³-hybridized carbons (Fsp3) is 0.452. The lowest BCUT2D eigenvalue weighted by Crippen LogP contribution is -2.69. The van der Waals surface area contributed by atoms with Gasteiger partial charge in [-0.15, -0.1) is 0 Å². The number of unbranched alkanes of at least 4 members (excludes halogenated alkanes) is 1. The van der Waals surface area contributed by atoms with Crippen LogP contribution in [0.2, 0.25) is 0 Å². The number of H-pyrrole nitrogens is 1. The Hall–Kier alpha value is -4.68. The number of nitrogens with one attached hydrogen (secondary N) is 2. The predicted octanol–water partition coefficient (Wildman–Crippen LogP) is 4.60. The maximum Gasteiger partial charge on any atom is 0.249 e. The van der Waals surface area contributed by atoms with Crippen molar-refractivity contribution in [3.05, 3.63) is 72.0 Å². The van der Waals surface area contributed by atoms with Gasteiger partial charge in [0.25, 0.3) is 0 Å². The normalized spacial score (nSPS) is 21.2. The molecule has 1 saturated heterocycles. The van der Waals surface area contributed by atoms with Crippen LogP contribution in [0.5, 0.6) is 0 Å². The van der Waals surface area contributed by atoms with Gasteiger partial charge in [0.1, 0.15) is 29.5 Å². The highest BCUT2D eigenvalue weighted by Crippen LogP contribution is 2.44. The van der Waals surface area contributed by atoms with E-state index in [1.807, 2.05) is 36.9 Å². The molecule has 1 atom stereocenters. The van der Waals surface area contributed by atoms with Crippen molar-refractivity contribution in [1.29, 1.82) is 0 Å². The Bertz CT molecular complexity index is 1610. The summed E-state index contributed by atoms with van der Waals surface area (Å²) >= 11 is 0. The molecule has 2 fully saturated rings. The molecule has 0 radical (unpaired) electrons. The smallest absolute Gasteiger partial charge is 0.249 e. The van der Waals surface area contributed by atoms with E-state index in [9.17, 15) is 14.0 Å². The van der Waals surface area contributed by atoms with Crippen LogP contribution >= 0.6 is 0 Å². The lowest BCUT2D eigenvalue weighted by molar-refractivity contribution is -0.170. The highest BCUT2D eigenvalue weighted by molar-refractivity contribution is 5.98. The van der Waals surface area contributed by atoms with Crippen LogP contribution in [-0.2, 0) is 9.59 Å². The van der Waals surface area contributed by atoms with Gasteiger partial charge in [-0.05, 0) is 57.6 Å². The highest BCUT2D eigenvalue weighted by Gasteiger charge is 2.54. The summed E-state index contributed by atoms with van der Waals surface area (Å²) in [6, 6.07) is 6.93. The van der Waals surface area contributed by atoms with Crippen molar-refractivity contribution in [2.45, 2.75) is 76.8 Å². The average Bonchev–Trinajstić information content (AvgIpc) is 3.70. The van der Waals surface area contributed by atoms with Crippen molar-refractivity contribution in [2.24, 2.45) is 0 Å². The average molecular weight is 601 g/mol. The zero-order chi connectivity index (χ0) is 30.8. The number of anilines is 2. The largest absolute Gasteiger partial charge is 0.326 e. The van der Waals surface area contributed by atoms with Crippen molar-refractivity contribution in [3.8, 4) is 5.82 Å². The van der Waals surface area contributed by atoms with Gasteiger partial charge in [-0.2, -0.15) is 10.2 Å². The van der Waals surface area contributed by atoms with E-state index in [0.717, 1.165) is 41.9 Å². The van der Waals surface area contributed by atoms with Crippen LogP contribution in [0.4, 0.5) is 16.0 Å². The minimum Gasteiger partial charge on any atom is -0.326 e. The van der Waals surface area contributed by atoms with E-state index in [2.05, 4.69) is 32.5 Å². The Morgan fingerprint density at radius 2 is 1.98 bits per heavy atom. The van der Waals surface area contributed by atoms with Crippen molar-refractivity contribution in [2.75, 3.05) is 18.4 Å². The first kappa shape index (κ1) is 29.4. The van der Waals surface area contributed by atoms with Crippen LogP contribution in [0.1, 0.15) is 81.4 Å². The molecule has 4 aromatic heterocycles. The molecule has 1 aliphatic carbocycles. The SMILES string of the molecule is CCCCN1C(=O)CN(C(C)c2ccc(-n3cc(F)cn3)nc2)C(=O)C12CCC(c1nc(C)cc(Nc3ccn[nH]3)n1)CC2. The Morgan fingerprint density at radius 1 is 1.16 bits per heavy atom. The van der Waals surface area contributed by atoms with E-state index in [4.69, 9.17) is 9.97 Å². The fourth-order valence-corrected chi connectivity index (χ4v) is 6.42. The number of aromatic amines is 1. The minimum atomic E-state index is -0.907. The predicted molar refractivity (Wildman–Crippen MR) is 161 cm³/mol. The number of carbonyl (C=O) groups excluding carboxylic acids is 2. The number of rotatable bonds is 9. The Balaban J connectivity index is 1.23. The maximum atomic E-state index is 14.5. The Kier molecular flexibility index (Phi) is 8.11. The first-order chi connectivity index (χ1) is 21.3. The molecule has 1 saturated carbocycles. The molecule has 2 amide bonds. The van der Waals surface area contributed by atoms with Crippen molar-refractivity contribution in [1.82, 2.24) is 44.7 Å². The van der Waals surface area contributed by atoms with Gasteiger partial charge in [0.05, 0.1) is 24.6 Å². The summed E-state index contributed by atoms with van der Waals surface area (Å²) in [6.07, 6.45) is 9.92. The molecule has 0 aromatic carbocycles. The minimum absolute atomic E-state index is 0.0185. The zero-order valence-corrected chi connectivity index (χ0v) is 25.2. The van der Waals surface area contributed by atoms with E-state index in [1.54, 1.807) is 23.4 Å². The molecule has 6 rings (SSSR count). The van der Waals surface area contributed by atoms with Gasteiger partial charge < -0.3 is 15.1 Å². The third-order valence-corrected chi connectivity index (χ3v) is 8.84. The van der Waals surface area contributed by atoms with Gasteiger partial charge >= 0.3 is 0 Å². The van der Waals surface area contributed by atoms with E-state index in [-0.39, 0.29) is 30.3 Å². The number of aromatic nitrogens is 7. The first-order valence-electron chi connectivity index (χ1n) is 15.2. The van der Waals surface area contributed by atoms with Crippen molar-refractivity contribution in [3.63, 3.8) is 0 Å². The molecule has 2 aliphatic rings. The number of piperazine rings is 1. The molecule has 4 aromatic rings. The summed E-state index contributed by atoms with van der Waals surface area (Å²) in [6.45, 7) is 6.53. The van der Waals surface area contributed by atoms with Crippen molar-refractivity contribution >= 4 is 23.5 Å². The molecular weight excluding hydrogens is 563 g/mol. The number of amides is 2. The number of hydrogen-bond donors (Lipinski definition) is 2. The number of carbonyl (C=O) groups is 2. The van der Waals surface area contributed by atoms with Crippen LogP contribution in [0.25, 0.3) is 5.82 Å². The topological polar surface area (TPSA) is 138 Å². The third kappa shape index (κ3) is 5.65. The second kappa shape index (κ2) is 12.1. The summed E-state index contributed by atoms with van der Waals surface area (Å²) in [5.74, 6) is 2.19. The molecule has 1 spiro atoms. The summed E-state index contributed by atoms with van der Waals surface area (Å²) in [4.78, 5) is 45.7. The maximum absolute atomic E-state index is 14.5. The molecule has 1 aliphatic heterocycles. The van der Waals surface area contributed by atoms with E-state index in [1.165, 1.54) is 10.9 Å². The van der Waals surface area contributed by atoms with Crippen LogP contribution in [0, 0.1) is 12.7 Å². The third-order valence-electron chi connectivity index (χ3n) is 8.84. The quantitative estimate of drug-likeness (QED) is 0.284. The second-order valence-corrected chi connectivity index (χ2v) is 11.7. The summed E-state index contributed by atoms with van der Waals surface area (Å²) in [5, 5.41) is 14.1. The lowest BCUT2D eigenvalue weighted by atomic mass is 9.72. The Morgan fingerprint density at radius 3 is 2.64 bits per heavy atom. The number of hydrogen-bond acceptors (Lipinski definition) is 8. The number of aryl methyl sites for hydroxylation is 1. The second-order valence-electron chi connectivity index (χ2n) is 11.7. The summed E-state index contributed by atoms with van der Waals surface area (Å²) < 4.78 is 14.8. The van der Waals surface area contributed by atoms with Crippen LogP contribution in [0.3, 0.4) is 0 Å². The molecule has 0 bridgehead atoms. The number of pyridine rings is 1. The van der Waals surface area contributed by atoms with Crippen molar-refractivity contribution < 1.29 is 14.0 Å². The van der Waals surface area contributed by atoms with Gasteiger partial charge in [-0.1, -0.05) is 19.4 Å². The van der Waals surface area contributed by atoms with Gasteiger partial charge in [0.2, 0.25) is 11.8 Å². The van der Waals surface area contributed by atoms with E-state index >= 15 is 0 Å². The highest BCUT2D eigenvalue weighted by atomic mass is 19.1. The molecule has 5 heterocycles. The molecule has 12 nitrogen and oxygen atoms in total. The molecule has 2 N–H and O–H groups in total. The standard InChI is InChI=1S/C31H37FN10O2/c1-4-5-14-41-28(43)19-40(21(3)23-6-7-27(33-16-23)42-18-24(32)17-35-42)30(44)31(41)11-8-22(9-12-31)29-36-20(2)15-26(38-29)37-25-10-13-34-39-25/h6-7,10,13,15-18,21-22H,4-5,8-9,11-12,14,19H2,1-3H3,(H2,34,36,37,38,39). The Labute approximate surface area is 255 Å². The summed E-state index contributed by atoms with van der Waals surface area (Å²) in [5.41, 5.74) is 0.734. The van der Waals surface area contributed by atoms with Gasteiger partial charge in [0.15, 0.2) is 11.6 Å². The van der Waals surface area contributed by atoms with E-state index < -0.39 is 11.4 Å². The van der Waals surface area contributed by atoms with Crippen LogP contribution in [-0.4, -0.2) is 75.2 Å². The number of nitrogens with zero attached hydrogens (tertiary/aromatic N) is 8. The van der Waals surface area contributed by atoms with Crippen LogP contribution < -0.4 is 5.32 Å².